The van der Waals surface area contributed by atoms with Crippen LogP contribution in [0.3, 0.4) is 0 Å². The fourth-order valence-electron chi connectivity index (χ4n) is 2.43. The Labute approximate surface area is 87.4 Å². The van der Waals surface area contributed by atoms with Gasteiger partial charge in [-0.25, -0.2) is 0 Å². The standard InChI is InChI=1S/C11H22ClN/c1-9-4-10(2)7-13(6-9)8-11(3)5-12/h9-11H,4-8H2,1-3H3. The molecule has 0 N–H and O–H groups in total. The summed E-state index contributed by atoms with van der Waals surface area (Å²) in [6, 6.07) is 0. The van der Waals surface area contributed by atoms with E-state index in [1.807, 2.05) is 0 Å². The first kappa shape index (κ1) is 11.3. The van der Waals surface area contributed by atoms with Crippen molar-refractivity contribution in [3.8, 4) is 0 Å². The molecule has 0 spiro atoms. The van der Waals surface area contributed by atoms with Crippen LogP contribution in [0.1, 0.15) is 27.2 Å². The number of nitrogens with zero attached hydrogens (tertiary/aromatic N) is 1. The highest BCUT2D eigenvalue weighted by Gasteiger charge is 2.22. The molecule has 1 saturated heterocycles. The Bertz CT molecular complexity index is 139. The lowest BCUT2D eigenvalue weighted by Gasteiger charge is -2.36. The molecule has 2 heteroatoms. The van der Waals surface area contributed by atoms with E-state index in [9.17, 15) is 0 Å². The van der Waals surface area contributed by atoms with E-state index in [4.69, 9.17) is 11.6 Å². The Balaban J connectivity index is 2.32. The van der Waals surface area contributed by atoms with Crippen molar-refractivity contribution in [3.63, 3.8) is 0 Å². The average molecular weight is 204 g/mol. The minimum absolute atomic E-state index is 0.638. The fourth-order valence-corrected chi connectivity index (χ4v) is 2.53. The third-order valence-corrected chi connectivity index (χ3v) is 3.30. The zero-order valence-corrected chi connectivity index (χ0v) is 9.85. The molecule has 0 aromatic heterocycles. The van der Waals surface area contributed by atoms with Gasteiger partial charge in [-0.3, -0.25) is 0 Å². The van der Waals surface area contributed by atoms with Crippen LogP contribution in [-0.4, -0.2) is 30.4 Å². The zero-order chi connectivity index (χ0) is 9.84. The Morgan fingerprint density at radius 1 is 1.31 bits per heavy atom. The molecule has 0 bridgehead atoms. The molecule has 3 atom stereocenters. The van der Waals surface area contributed by atoms with Gasteiger partial charge in [-0.2, -0.15) is 0 Å². The van der Waals surface area contributed by atoms with Crippen molar-refractivity contribution >= 4 is 11.6 Å². The molecular weight excluding hydrogens is 182 g/mol. The highest BCUT2D eigenvalue weighted by atomic mass is 35.5. The maximum Gasteiger partial charge on any atom is 0.0261 e. The molecule has 0 aromatic rings. The zero-order valence-electron chi connectivity index (χ0n) is 9.09. The van der Waals surface area contributed by atoms with Crippen LogP contribution >= 0.6 is 11.6 Å². The Morgan fingerprint density at radius 3 is 2.31 bits per heavy atom. The van der Waals surface area contributed by atoms with Gasteiger partial charge in [-0.1, -0.05) is 20.8 Å². The molecule has 1 aliphatic rings. The summed E-state index contributed by atoms with van der Waals surface area (Å²) in [7, 11) is 0. The highest BCUT2D eigenvalue weighted by Crippen LogP contribution is 2.21. The molecule has 1 fully saturated rings. The van der Waals surface area contributed by atoms with Crippen molar-refractivity contribution in [1.82, 2.24) is 4.90 Å². The molecule has 0 amide bonds. The van der Waals surface area contributed by atoms with Gasteiger partial charge in [0.2, 0.25) is 0 Å². The molecule has 13 heavy (non-hydrogen) atoms. The monoisotopic (exact) mass is 203 g/mol. The van der Waals surface area contributed by atoms with Gasteiger partial charge >= 0.3 is 0 Å². The summed E-state index contributed by atoms with van der Waals surface area (Å²) in [6.07, 6.45) is 1.39. The number of halogens is 1. The lowest BCUT2D eigenvalue weighted by molar-refractivity contribution is 0.128. The van der Waals surface area contributed by atoms with Gasteiger partial charge in [-0.15, -0.1) is 11.6 Å². The van der Waals surface area contributed by atoms with Gasteiger partial charge in [0.1, 0.15) is 0 Å². The van der Waals surface area contributed by atoms with Crippen LogP contribution in [0, 0.1) is 17.8 Å². The van der Waals surface area contributed by atoms with Gasteiger partial charge in [0.25, 0.3) is 0 Å². The van der Waals surface area contributed by atoms with E-state index in [0.29, 0.717) is 5.92 Å². The first-order chi connectivity index (χ1) is 6.11. The normalized spacial score (nSPS) is 33.2. The van der Waals surface area contributed by atoms with Crippen LogP contribution in [0.2, 0.25) is 0 Å². The summed E-state index contributed by atoms with van der Waals surface area (Å²) in [5.74, 6) is 3.16. The van der Waals surface area contributed by atoms with Crippen molar-refractivity contribution in [2.24, 2.45) is 17.8 Å². The maximum absolute atomic E-state index is 5.82. The maximum atomic E-state index is 5.82. The topological polar surface area (TPSA) is 3.24 Å². The second-order valence-corrected chi connectivity index (χ2v) is 5.23. The predicted octanol–water partition coefficient (Wildman–Crippen LogP) is 2.84. The van der Waals surface area contributed by atoms with E-state index < -0.39 is 0 Å². The minimum Gasteiger partial charge on any atom is -0.302 e. The number of rotatable bonds is 3. The second-order valence-electron chi connectivity index (χ2n) is 4.92. The first-order valence-corrected chi connectivity index (χ1v) is 5.93. The van der Waals surface area contributed by atoms with Crippen LogP contribution in [0.5, 0.6) is 0 Å². The number of piperidine rings is 1. The van der Waals surface area contributed by atoms with Crippen LogP contribution in [0.15, 0.2) is 0 Å². The lowest BCUT2D eigenvalue weighted by Crippen LogP contribution is -2.41. The Kier molecular flexibility index (Phi) is 4.54. The molecular formula is C11H22ClN. The van der Waals surface area contributed by atoms with Crippen LogP contribution < -0.4 is 0 Å². The van der Waals surface area contributed by atoms with Gasteiger partial charge < -0.3 is 4.90 Å². The molecule has 0 radical (unpaired) electrons. The van der Waals surface area contributed by atoms with E-state index in [1.165, 1.54) is 26.1 Å². The molecule has 0 aromatic carbocycles. The van der Waals surface area contributed by atoms with E-state index in [0.717, 1.165) is 17.7 Å². The Morgan fingerprint density at radius 2 is 1.85 bits per heavy atom. The summed E-state index contributed by atoms with van der Waals surface area (Å²) in [4.78, 5) is 2.58. The molecule has 1 heterocycles. The second kappa shape index (κ2) is 5.21. The van der Waals surface area contributed by atoms with Crippen molar-refractivity contribution < 1.29 is 0 Å². The van der Waals surface area contributed by atoms with E-state index in [1.54, 1.807) is 0 Å². The Hall–Kier alpha value is 0.250. The quantitative estimate of drug-likeness (QED) is 0.638. The number of hydrogen-bond donors (Lipinski definition) is 0. The highest BCUT2D eigenvalue weighted by molar-refractivity contribution is 6.18. The lowest BCUT2D eigenvalue weighted by atomic mass is 9.91. The third kappa shape index (κ3) is 3.86. The third-order valence-electron chi connectivity index (χ3n) is 2.78. The van der Waals surface area contributed by atoms with E-state index in [-0.39, 0.29) is 0 Å². The molecule has 1 aliphatic heterocycles. The smallest absolute Gasteiger partial charge is 0.0261 e. The number of alkyl halides is 1. The van der Waals surface area contributed by atoms with Crippen molar-refractivity contribution in [2.45, 2.75) is 27.2 Å². The fraction of sp³-hybridized carbons (Fsp3) is 1.00. The van der Waals surface area contributed by atoms with Crippen molar-refractivity contribution in [2.75, 3.05) is 25.5 Å². The average Bonchev–Trinajstić information content (AvgIpc) is 2.02. The molecule has 0 aliphatic carbocycles. The number of hydrogen-bond acceptors (Lipinski definition) is 1. The largest absolute Gasteiger partial charge is 0.302 e. The molecule has 1 nitrogen and oxygen atoms in total. The van der Waals surface area contributed by atoms with Crippen LogP contribution in [0.4, 0.5) is 0 Å². The van der Waals surface area contributed by atoms with E-state index >= 15 is 0 Å². The minimum atomic E-state index is 0.638. The first-order valence-electron chi connectivity index (χ1n) is 5.40. The SMILES string of the molecule is CC(CCl)CN1CC(C)CC(C)C1. The van der Waals surface area contributed by atoms with Gasteiger partial charge in [-0.05, 0) is 24.2 Å². The van der Waals surface area contributed by atoms with Gasteiger partial charge in [0.05, 0.1) is 0 Å². The van der Waals surface area contributed by atoms with Crippen LogP contribution in [0.25, 0.3) is 0 Å². The van der Waals surface area contributed by atoms with Gasteiger partial charge in [0.15, 0.2) is 0 Å². The number of likely N-dealkylation sites (tertiary alicyclic amines) is 1. The summed E-state index contributed by atoms with van der Waals surface area (Å²) in [6.45, 7) is 10.7. The summed E-state index contributed by atoms with van der Waals surface area (Å²) in [5.41, 5.74) is 0. The predicted molar refractivity (Wildman–Crippen MR) is 59.3 cm³/mol. The summed E-state index contributed by atoms with van der Waals surface area (Å²) >= 11 is 5.82. The van der Waals surface area contributed by atoms with E-state index in [2.05, 4.69) is 25.7 Å². The summed E-state index contributed by atoms with van der Waals surface area (Å²) in [5, 5.41) is 0. The van der Waals surface area contributed by atoms with Gasteiger partial charge in [0, 0.05) is 25.5 Å². The molecule has 3 unspecified atom stereocenters. The van der Waals surface area contributed by atoms with Crippen LogP contribution in [-0.2, 0) is 0 Å². The molecule has 78 valence electrons. The van der Waals surface area contributed by atoms with Crippen molar-refractivity contribution in [1.29, 1.82) is 0 Å². The molecule has 1 rings (SSSR count). The van der Waals surface area contributed by atoms with Crippen molar-refractivity contribution in [3.05, 3.63) is 0 Å². The molecule has 0 saturated carbocycles. The summed E-state index contributed by atoms with van der Waals surface area (Å²) < 4.78 is 0.